The molecule has 1 N–H and O–H groups in total. The molecule has 0 unspecified atom stereocenters. The number of nitrogens with one attached hydrogen (secondary N) is 1. The average Bonchev–Trinajstić information content (AvgIpc) is 3.16. The van der Waals surface area contributed by atoms with E-state index in [-0.39, 0.29) is 12.5 Å². The number of ether oxygens (including phenoxy) is 2. The van der Waals surface area contributed by atoms with Gasteiger partial charge in [-0.05, 0) is 55.0 Å². The summed E-state index contributed by atoms with van der Waals surface area (Å²) in [5.41, 5.74) is 3.13. The number of hydrogen-bond acceptors (Lipinski definition) is 5. The zero-order valence-corrected chi connectivity index (χ0v) is 15.7. The highest BCUT2D eigenvalue weighted by Gasteiger charge is 2.11. The van der Waals surface area contributed by atoms with Gasteiger partial charge in [0.15, 0.2) is 6.61 Å². The van der Waals surface area contributed by atoms with Crippen LogP contribution < -0.4 is 10.1 Å². The Morgan fingerprint density at radius 2 is 1.75 bits per heavy atom. The number of nitrogens with zero attached hydrogens (tertiary/aromatic N) is 2. The fraction of sp³-hybridized carbons (Fsp3) is 0.190. The largest absolute Gasteiger partial charge is 0.497 e. The van der Waals surface area contributed by atoms with E-state index in [1.807, 2.05) is 37.3 Å². The Morgan fingerprint density at radius 3 is 2.36 bits per heavy atom. The Hall–Kier alpha value is -3.61. The lowest BCUT2D eigenvalue weighted by Gasteiger charge is -2.08. The normalized spacial score (nSPS) is 10.4. The Morgan fingerprint density at radius 1 is 1.04 bits per heavy atom. The predicted octanol–water partition coefficient (Wildman–Crippen LogP) is 2.66. The van der Waals surface area contributed by atoms with E-state index in [2.05, 4.69) is 10.4 Å². The molecule has 0 aliphatic heterocycles. The van der Waals surface area contributed by atoms with Crippen LogP contribution in [0.2, 0.25) is 0 Å². The highest BCUT2D eigenvalue weighted by molar-refractivity contribution is 5.91. The van der Waals surface area contributed by atoms with E-state index in [0.29, 0.717) is 12.1 Å². The Labute approximate surface area is 162 Å². The van der Waals surface area contributed by atoms with Crippen molar-refractivity contribution in [3.63, 3.8) is 0 Å². The third-order valence-electron chi connectivity index (χ3n) is 4.16. The van der Waals surface area contributed by atoms with Gasteiger partial charge in [0.1, 0.15) is 5.75 Å². The molecule has 7 heteroatoms. The first kappa shape index (κ1) is 19.2. The molecule has 0 aliphatic rings. The summed E-state index contributed by atoms with van der Waals surface area (Å²) in [5.74, 6) is -0.172. The number of methoxy groups -OCH3 is 1. The molecule has 3 aromatic rings. The van der Waals surface area contributed by atoms with Crippen LogP contribution in [0.3, 0.4) is 0 Å². The summed E-state index contributed by atoms with van der Waals surface area (Å²) in [6, 6.07) is 16.1. The zero-order chi connectivity index (χ0) is 19.9. The van der Waals surface area contributed by atoms with E-state index in [1.54, 1.807) is 42.3 Å². The summed E-state index contributed by atoms with van der Waals surface area (Å²) < 4.78 is 11.9. The lowest BCUT2D eigenvalue weighted by atomic mass is 10.2. The minimum atomic E-state index is -0.552. The first-order chi connectivity index (χ1) is 13.6. The van der Waals surface area contributed by atoms with Crippen molar-refractivity contribution in [3.8, 4) is 11.4 Å². The fourth-order valence-corrected chi connectivity index (χ4v) is 2.59. The van der Waals surface area contributed by atoms with E-state index >= 15 is 0 Å². The van der Waals surface area contributed by atoms with Crippen molar-refractivity contribution in [2.24, 2.45) is 0 Å². The molecule has 2 aromatic carbocycles. The lowest BCUT2D eigenvalue weighted by molar-refractivity contribution is -0.124. The number of hydrogen-bond donors (Lipinski definition) is 1. The molecule has 0 aliphatic carbocycles. The van der Waals surface area contributed by atoms with E-state index in [4.69, 9.17) is 9.47 Å². The molecule has 0 radical (unpaired) electrons. The number of rotatable bonds is 7. The van der Waals surface area contributed by atoms with Crippen LogP contribution in [0, 0.1) is 6.92 Å². The minimum Gasteiger partial charge on any atom is -0.497 e. The molecule has 0 saturated carbocycles. The van der Waals surface area contributed by atoms with E-state index < -0.39 is 5.97 Å². The van der Waals surface area contributed by atoms with Crippen molar-refractivity contribution in [1.82, 2.24) is 15.1 Å². The predicted molar refractivity (Wildman–Crippen MR) is 103 cm³/mol. The number of aryl methyl sites for hydroxylation is 1. The van der Waals surface area contributed by atoms with Crippen LogP contribution in [0.4, 0.5) is 0 Å². The maximum Gasteiger partial charge on any atom is 0.338 e. The van der Waals surface area contributed by atoms with Gasteiger partial charge in [0.25, 0.3) is 5.91 Å². The Bertz CT molecular complexity index is 947. The van der Waals surface area contributed by atoms with Gasteiger partial charge in [-0.3, -0.25) is 4.79 Å². The van der Waals surface area contributed by atoms with Crippen LogP contribution in [0.25, 0.3) is 5.69 Å². The molecule has 144 valence electrons. The lowest BCUT2D eigenvalue weighted by Crippen LogP contribution is -2.28. The van der Waals surface area contributed by atoms with Gasteiger partial charge in [0.2, 0.25) is 0 Å². The molecule has 1 amide bonds. The summed E-state index contributed by atoms with van der Waals surface area (Å²) in [7, 11) is 1.59. The smallest absolute Gasteiger partial charge is 0.338 e. The molecule has 28 heavy (non-hydrogen) atoms. The van der Waals surface area contributed by atoms with Crippen LogP contribution in [-0.4, -0.2) is 35.4 Å². The molecular weight excluding hydrogens is 358 g/mol. The molecule has 0 fully saturated rings. The fourth-order valence-electron chi connectivity index (χ4n) is 2.59. The Kier molecular flexibility index (Phi) is 6.06. The summed E-state index contributed by atoms with van der Waals surface area (Å²) in [5, 5.41) is 6.92. The second-order valence-electron chi connectivity index (χ2n) is 6.13. The van der Waals surface area contributed by atoms with Gasteiger partial charge in [-0.2, -0.15) is 5.10 Å². The second-order valence-corrected chi connectivity index (χ2v) is 6.13. The van der Waals surface area contributed by atoms with Crippen LogP contribution in [0.15, 0.2) is 60.8 Å². The number of benzene rings is 2. The molecule has 0 saturated heterocycles. The van der Waals surface area contributed by atoms with Crippen molar-refractivity contribution in [1.29, 1.82) is 0 Å². The van der Waals surface area contributed by atoms with E-state index in [1.165, 1.54) is 0 Å². The molecular formula is C21H21N3O4. The van der Waals surface area contributed by atoms with Gasteiger partial charge in [-0.1, -0.05) is 12.1 Å². The van der Waals surface area contributed by atoms with Gasteiger partial charge in [-0.15, -0.1) is 0 Å². The van der Waals surface area contributed by atoms with Crippen molar-refractivity contribution >= 4 is 11.9 Å². The monoisotopic (exact) mass is 379 g/mol. The first-order valence-corrected chi connectivity index (χ1v) is 8.74. The number of carbonyl (C=O) groups excluding carboxylic acids is 2. The molecule has 7 nitrogen and oxygen atoms in total. The van der Waals surface area contributed by atoms with Crippen LogP contribution >= 0.6 is 0 Å². The molecule has 0 atom stereocenters. The van der Waals surface area contributed by atoms with E-state index in [9.17, 15) is 9.59 Å². The summed E-state index contributed by atoms with van der Waals surface area (Å²) >= 11 is 0. The van der Waals surface area contributed by atoms with Crippen molar-refractivity contribution in [2.45, 2.75) is 13.5 Å². The van der Waals surface area contributed by atoms with Gasteiger partial charge in [0.05, 0.1) is 18.4 Å². The summed E-state index contributed by atoms with van der Waals surface area (Å²) in [6.07, 6.45) is 1.71. The summed E-state index contributed by atoms with van der Waals surface area (Å²) in [6.45, 7) is 1.95. The number of carbonyl (C=O) groups is 2. The van der Waals surface area contributed by atoms with Crippen LogP contribution in [-0.2, 0) is 16.1 Å². The van der Waals surface area contributed by atoms with E-state index in [0.717, 1.165) is 22.7 Å². The third kappa shape index (κ3) is 4.76. The SMILES string of the molecule is COc1ccc(CNC(=O)COC(=O)c2ccc(-n3nccc3C)cc2)cc1. The number of esters is 1. The first-order valence-electron chi connectivity index (χ1n) is 8.74. The van der Waals surface area contributed by atoms with Crippen LogP contribution in [0.1, 0.15) is 21.6 Å². The summed E-state index contributed by atoms with van der Waals surface area (Å²) in [4.78, 5) is 24.0. The molecule has 1 aromatic heterocycles. The zero-order valence-electron chi connectivity index (χ0n) is 15.7. The van der Waals surface area contributed by atoms with Crippen molar-refractivity contribution in [2.75, 3.05) is 13.7 Å². The van der Waals surface area contributed by atoms with Gasteiger partial charge in [0, 0.05) is 18.4 Å². The maximum absolute atomic E-state index is 12.1. The van der Waals surface area contributed by atoms with Gasteiger partial charge in [-0.25, -0.2) is 9.48 Å². The average molecular weight is 379 g/mol. The molecule has 3 rings (SSSR count). The van der Waals surface area contributed by atoms with Gasteiger partial charge < -0.3 is 14.8 Å². The highest BCUT2D eigenvalue weighted by atomic mass is 16.5. The third-order valence-corrected chi connectivity index (χ3v) is 4.16. The quantitative estimate of drug-likeness (QED) is 0.638. The van der Waals surface area contributed by atoms with Crippen LogP contribution in [0.5, 0.6) is 5.75 Å². The second kappa shape index (κ2) is 8.85. The molecule has 1 heterocycles. The highest BCUT2D eigenvalue weighted by Crippen LogP contribution is 2.12. The standard InChI is InChI=1S/C21H21N3O4/c1-15-11-12-23-24(15)18-7-5-17(6-8-18)21(26)28-14-20(25)22-13-16-3-9-19(27-2)10-4-16/h3-12H,13-14H2,1-2H3,(H,22,25). The number of amides is 1. The maximum atomic E-state index is 12.1. The molecule has 0 spiro atoms. The topological polar surface area (TPSA) is 82.5 Å². The number of aromatic nitrogens is 2. The Balaban J connectivity index is 1.47. The van der Waals surface area contributed by atoms with Crippen molar-refractivity contribution < 1.29 is 19.1 Å². The molecule has 0 bridgehead atoms. The van der Waals surface area contributed by atoms with Crippen molar-refractivity contribution in [3.05, 3.63) is 77.6 Å². The van der Waals surface area contributed by atoms with Gasteiger partial charge >= 0.3 is 5.97 Å². The minimum absolute atomic E-state index is 0.338.